The van der Waals surface area contributed by atoms with E-state index in [1.807, 2.05) is 19.1 Å². The van der Waals surface area contributed by atoms with Crippen LogP contribution in [0.5, 0.6) is 0 Å². The normalized spacial score (nSPS) is 22.0. The minimum Gasteiger partial charge on any atom is -0.343 e. The number of piperazine rings is 1. The second-order valence-corrected chi connectivity index (χ2v) is 5.96. The van der Waals surface area contributed by atoms with Gasteiger partial charge in [0.1, 0.15) is 12.6 Å². The molecule has 1 aromatic rings. The molecule has 2 aliphatic rings. The zero-order valence-corrected chi connectivity index (χ0v) is 12.5. The van der Waals surface area contributed by atoms with Gasteiger partial charge in [-0.25, -0.2) is 0 Å². The largest absolute Gasteiger partial charge is 0.343 e. The number of rotatable bonds is 3. The second kappa shape index (κ2) is 5.88. The molecule has 21 heavy (non-hydrogen) atoms. The molecule has 1 aliphatic heterocycles. The molecule has 1 N–H and O–H groups in total. The highest BCUT2D eigenvalue weighted by molar-refractivity contribution is 6.07. The summed E-state index contributed by atoms with van der Waals surface area (Å²) >= 11 is 0. The van der Waals surface area contributed by atoms with Gasteiger partial charge >= 0.3 is 0 Å². The fraction of sp³-hybridized carbons (Fsp3) is 0.529. The van der Waals surface area contributed by atoms with Crippen LogP contribution in [0.3, 0.4) is 0 Å². The van der Waals surface area contributed by atoms with E-state index in [1.54, 1.807) is 4.90 Å². The molecule has 4 nitrogen and oxygen atoms in total. The van der Waals surface area contributed by atoms with Crippen molar-refractivity contribution >= 4 is 17.5 Å². The van der Waals surface area contributed by atoms with Crippen molar-refractivity contribution in [2.45, 2.75) is 51.5 Å². The predicted molar refractivity (Wildman–Crippen MR) is 82.3 cm³/mol. The zero-order valence-electron chi connectivity index (χ0n) is 12.5. The minimum atomic E-state index is -0.365. The number of benzene rings is 1. The topological polar surface area (TPSA) is 49.4 Å². The van der Waals surface area contributed by atoms with Crippen LogP contribution in [0.25, 0.3) is 0 Å². The maximum atomic E-state index is 12.7. The average molecular weight is 286 g/mol. The van der Waals surface area contributed by atoms with Gasteiger partial charge in [-0.2, -0.15) is 0 Å². The Bertz CT molecular complexity index is 568. The van der Waals surface area contributed by atoms with E-state index in [4.69, 9.17) is 0 Å². The molecular formula is C17H22N2O2. The van der Waals surface area contributed by atoms with Gasteiger partial charge < -0.3 is 10.2 Å². The van der Waals surface area contributed by atoms with Crippen LogP contribution in [0, 0.1) is 0 Å². The van der Waals surface area contributed by atoms with Crippen LogP contribution in [0.1, 0.15) is 43.7 Å². The van der Waals surface area contributed by atoms with Crippen molar-refractivity contribution < 1.29 is 9.59 Å². The monoisotopic (exact) mass is 286 g/mol. The van der Waals surface area contributed by atoms with Crippen LogP contribution in [0.2, 0.25) is 0 Å². The smallest absolute Gasteiger partial charge is 0.250 e. The Hall–Kier alpha value is -1.84. The number of hydrogen-bond acceptors (Lipinski definition) is 2. The van der Waals surface area contributed by atoms with Crippen molar-refractivity contribution in [3.05, 3.63) is 29.3 Å². The van der Waals surface area contributed by atoms with Gasteiger partial charge in [0, 0.05) is 5.69 Å². The van der Waals surface area contributed by atoms with Gasteiger partial charge in [0.15, 0.2) is 0 Å². The number of anilines is 1. The third kappa shape index (κ3) is 2.67. The molecule has 3 rings (SSSR count). The fourth-order valence-corrected chi connectivity index (χ4v) is 3.41. The quantitative estimate of drug-likeness (QED) is 0.926. The number of nitrogens with zero attached hydrogens (tertiary/aromatic N) is 1. The number of carbonyl (C=O) groups is 2. The first-order valence-electron chi connectivity index (χ1n) is 7.92. The number of amides is 2. The first kappa shape index (κ1) is 14.1. The van der Waals surface area contributed by atoms with Gasteiger partial charge in [0.05, 0.1) is 0 Å². The molecule has 1 aromatic carbocycles. The van der Waals surface area contributed by atoms with Gasteiger partial charge in [-0.15, -0.1) is 0 Å². The number of nitrogens with one attached hydrogen (secondary N) is 1. The number of carbonyl (C=O) groups excluding carboxylic acids is 2. The number of aryl methyl sites for hydroxylation is 1. The fourth-order valence-electron chi connectivity index (χ4n) is 3.41. The lowest BCUT2D eigenvalue weighted by Crippen LogP contribution is -2.58. The highest BCUT2D eigenvalue weighted by atomic mass is 16.2. The average Bonchev–Trinajstić information content (AvgIpc) is 2.50. The molecule has 0 radical (unpaired) electrons. The Morgan fingerprint density at radius 3 is 2.86 bits per heavy atom. The van der Waals surface area contributed by atoms with Crippen LogP contribution in [-0.4, -0.2) is 24.4 Å². The van der Waals surface area contributed by atoms with Gasteiger partial charge in [0.2, 0.25) is 11.8 Å². The van der Waals surface area contributed by atoms with Crippen molar-refractivity contribution in [2.75, 3.05) is 11.4 Å². The van der Waals surface area contributed by atoms with Gasteiger partial charge in [-0.05, 0) is 49.3 Å². The van der Waals surface area contributed by atoms with Crippen LogP contribution < -0.4 is 10.2 Å². The molecule has 1 aliphatic carbocycles. The molecule has 1 saturated heterocycles. The summed E-state index contributed by atoms with van der Waals surface area (Å²) in [5.41, 5.74) is 3.56. The molecule has 1 fully saturated rings. The Morgan fingerprint density at radius 1 is 1.24 bits per heavy atom. The summed E-state index contributed by atoms with van der Waals surface area (Å²) in [5, 5.41) is 2.82. The third-order valence-electron chi connectivity index (χ3n) is 4.44. The summed E-state index contributed by atoms with van der Waals surface area (Å²) in [6.45, 7) is 2.18. The lowest BCUT2D eigenvalue weighted by Gasteiger charge is -2.34. The first-order valence-corrected chi connectivity index (χ1v) is 7.92. The Morgan fingerprint density at radius 2 is 2.05 bits per heavy atom. The summed E-state index contributed by atoms with van der Waals surface area (Å²) in [7, 11) is 0. The third-order valence-corrected chi connectivity index (χ3v) is 4.44. The molecule has 0 spiro atoms. The molecule has 4 heteroatoms. The van der Waals surface area contributed by atoms with Crippen molar-refractivity contribution in [3.8, 4) is 0 Å². The van der Waals surface area contributed by atoms with Crippen LogP contribution in [-0.2, 0) is 22.4 Å². The van der Waals surface area contributed by atoms with E-state index in [2.05, 4.69) is 11.4 Å². The van der Waals surface area contributed by atoms with E-state index < -0.39 is 0 Å². The SMILES string of the molecule is CCCC1NC(=O)CN(c2cccc3c2CCCC3)C1=O. The zero-order chi connectivity index (χ0) is 14.8. The Balaban J connectivity index is 1.95. The lowest BCUT2D eigenvalue weighted by molar-refractivity contribution is -0.131. The van der Waals surface area contributed by atoms with Crippen LogP contribution in [0.4, 0.5) is 5.69 Å². The van der Waals surface area contributed by atoms with E-state index in [0.29, 0.717) is 6.42 Å². The van der Waals surface area contributed by atoms with Gasteiger partial charge in [-0.3, -0.25) is 9.59 Å². The molecule has 0 aromatic heterocycles. The van der Waals surface area contributed by atoms with Crippen LogP contribution in [0.15, 0.2) is 18.2 Å². The number of hydrogen-bond donors (Lipinski definition) is 1. The molecule has 0 saturated carbocycles. The number of fused-ring (bicyclic) bond motifs is 1. The summed E-state index contributed by atoms with van der Waals surface area (Å²) < 4.78 is 0. The first-order chi connectivity index (χ1) is 10.2. The van der Waals surface area contributed by atoms with Gasteiger partial charge in [0.25, 0.3) is 0 Å². The standard InChI is InChI=1S/C17H22N2O2/c1-2-6-14-17(21)19(11-16(20)18-14)15-10-5-8-12-7-3-4-9-13(12)15/h5,8,10,14H,2-4,6-7,9,11H2,1H3,(H,18,20). The lowest BCUT2D eigenvalue weighted by atomic mass is 9.89. The molecule has 1 heterocycles. The molecule has 2 amide bonds. The van der Waals surface area contributed by atoms with Crippen LogP contribution >= 0.6 is 0 Å². The molecule has 1 unspecified atom stereocenters. The molecule has 1 atom stereocenters. The summed E-state index contributed by atoms with van der Waals surface area (Å²) in [6, 6.07) is 5.78. The highest BCUT2D eigenvalue weighted by Crippen LogP contribution is 2.31. The minimum absolute atomic E-state index is 0.0374. The predicted octanol–water partition coefficient (Wildman–Crippen LogP) is 2.20. The maximum Gasteiger partial charge on any atom is 0.250 e. The Kier molecular flexibility index (Phi) is 3.95. The van der Waals surface area contributed by atoms with Crippen molar-refractivity contribution in [3.63, 3.8) is 0 Å². The summed E-state index contributed by atoms with van der Waals surface area (Å²) in [5.74, 6) is -0.0168. The van der Waals surface area contributed by atoms with E-state index in [-0.39, 0.29) is 24.4 Å². The van der Waals surface area contributed by atoms with E-state index >= 15 is 0 Å². The van der Waals surface area contributed by atoms with E-state index in [1.165, 1.54) is 17.5 Å². The maximum absolute atomic E-state index is 12.7. The molecule has 0 bridgehead atoms. The molecule has 112 valence electrons. The van der Waals surface area contributed by atoms with Crippen molar-refractivity contribution in [1.82, 2.24) is 5.32 Å². The Labute approximate surface area is 125 Å². The summed E-state index contributed by atoms with van der Waals surface area (Å²) in [6.07, 6.45) is 6.05. The van der Waals surface area contributed by atoms with E-state index in [9.17, 15) is 9.59 Å². The summed E-state index contributed by atoms with van der Waals surface area (Å²) in [4.78, 5) is 26.3. The van der Waals surface area contributed by atoms with Crippen molar-refractivity contribution in [2.24, 2.45) is 0 Å². The molecular weight excluding hydrogens is 264 g/mol. The van der Waals surface area contributed by atoms with E-state index in [0.717, 1.165) is 31.4 Å². The second-order valence-electron chi connectivity index (χ2n) is 5.96. The van der Waals surface area contributed by atoms with Crippen molar-refractivity contribution in [1.29, 1.82) is 0 Å². The van der Waals surface area contributed by atoms with Gasteiger partial charge in [-0.1, -0.05) is 25.5 Å². The highest BCUT2D eigenvalue weighted by Gasteiger charge is 2.34.